The molecule has 4 fully saturated rings. The topological polar surface area (TPSA) is 91.6 Å². The Kier molecular flexibility index (Phi) is 7.25. The van der Waals surface area contributed by atoms with Crippen LogP contribution in [0, 0.1) is 29.4 Å². The fraction of sp³-hybridized carbons (Fsp3) is 0.457. The van der Waals surface area contributed by atoms with E-state index in [-0.39, 0.29) is 54.4 Å². The number of alkyl halides is 4. The number of pyridine rings is 1. The average molecular weight is 743 g/mol. The van der Waals surface area contributed by atoms with Crippen LogP contribution in [-0.2, 0) is 0 Å². The molecule has 2 N–H and O–H groups in total. The minimum atomic E-state index is -1.53. The van der Waals surface area contributed by atoms with Crippen molar-refractivity contribution in [3.8, 4) is 35.4 Å². The van der Waals surface area contributed by atoms with Gasteiger partial charge in [0.2, 0.25) is 0 Å². The number of phenols is 1. The number of anilines is 1. The number of piperidine rings is 1. The molecule has 4 aliphatic rings. The number of aliphatic hydroxyl groups is 1. The van der Waals surface area contributed by atoms with E-state index >= 15 is 4.39 Å². The summed E-state index contributed by atoms with van der Waals surface area (Å²) in [4.78, 5) is 16.0. The molecule has 2 atom stereocenters. The van der Waals surface area contributed by atoms with E-state index in [4.69, 9.17) is 16.1 Å². The second-order valence-electron chi connectivity index (χ2n) is 13.4. The molecule has 1 spiro atoms. The third-order valence-electron chi connectivity index (χ3n) is 10.3. The summed E-state index contributed by atoms with van der Waals surface area (Å²) in [6.45, 7) is 1.67. The Labute approximate surface area is 272 Å². The van der Waals surface area contributed by atoms with Gasteiger partial charge in [0.1, 0.15) is 0 Å². The van der Waals surface area contributed by atoms with Gasteiger partial charge in [-0.25, -0.2) is 4.39 Å². The zero-order valence-electron chi connectivity index (χ0n) is 25.2. The molecule has 0 unspecified atom stereocenters. The van der Waals surface area contributed by atoms with Gasteiger partial charge in [0.25, 0.3) is 0 Å². The Balaban J connectivity index is 1.27. The van der Waals surface area contributed by atoms with Crippen LogP contribution in [0.5, 0.6) is 11.8 Å². The summed E-state index contributed by atoms with van der Waals surface area (Å²) in [6.07, 6.45) is 12.0. The summed E-state index contributed by atoms with van der Waals surface area (Å²) in [5.41, 5.74) is -0.0883. The number of hydrogen-bond acceptors (Lipinski definition) is 7. The van der Waals surface area contributed by atoms with E-state index in [1.807, 2.05) is 0 Å². The number of phenolic OH excluding ortho intramolecular Hbond substituents is 1. The third-order valence-corrected chi connectivity index (χ3v) is 19.0. The first-order chi connectivity index (χ1) is 22.2. The molecule has 0 bridgehead atoms. The number of aromatic nitrogens is 3. The van der Waals surface area contributed by atoms with Crippen LogP contribution in [0.1, 0.15) is 50.5 Å². The summed E-state index contributed by atoms with van der Waals surface area (Å²) in [7, 11) is 0. The molecule has 4 aromatic rings. The molecule has 8 rings (SSSR count). The Bertz CT molecular complexity index is 1920. The number of ether oxygens (including phenoxy) is 1. The van der Waals surface area contributed by atoms with Gasteiger partial charge < -0.3 is 0 Å². The predicted molar refractivity (Wildman–Crippen MR) is 180 cm³/mol. The van der Waals surface area contributed by atoms with Crippen LogP contribution in [0.3, 0.4) is 0 Å². The van der Waals surface area contributed by atoms with Crippen molar-refractivity contribution in [2.45, 2.75) is 60.6 Å². The molecule has 46 heavy (non-hydrogen) atoms. The van der Waals surface area contributed by atoms with Crippen molar-refractivity contribution in [1.82, 2.24) is 15.0 Å². The molecule has 3 saturated heterocycles. The van der Waals surface area contributed by atoms with Crippen LogP contribution in [0.2, 0.25) is 0 Å². The second kappa shape index (κ2) is 11.1. The number of rotatable bonds is 5. The summed E-state index contributed by atoms with van der Waals surface area (Å²) < 4.78 is 54.2. The number of terminal acetylenes is 1. The van der Waals surface area contributed by atoms with Crippen molar-refractivity contribution in [1.29, 1.82) is 0 Å². The minimum absolute atomic E-state index is 0.0116. The van der Waals surface area contributed by atoms with Crippen molar-refractivity contribution in [2.75, 3.05) is 33.5 Å². The zero-order valence-corrected chi connectivity index (χ0v) is 27.4. The first kappa shape index (κ1) is 30.0. The fourth-order valence-corrected chi connectivity index (χ4v) is 16.4. The van der Waals surface area contributed by atoms with Gasteiger partial charge in [0.05, 0.1) is 0 Å². The summed E-state index contributed by atoms with van der Waals surface area (Å²) in [5.74, 6) is 1.32. The zero-order chi connectivity index (χ0) is 31.8. The van der Waals surface area contributed by atoms with Gasteiger partial charge in [-0.3, -0.25) is 0 Å². The van der Waals surface area contributed by atoms with Crippen LogP contribution in [0.4, 0.5) is 19.0 Å². The normalized spacial score (nSPS) is 28.1. The Morgan fingerprint density at radius 3 is 2.78 bits per heavy atom. The third kappa shape index (κ3) is 4.86. The molecule has 1 saturated carbocycles. The molecular weight excluding hydrogens is 708 g/mol. The summed E-state index contributed by atoms with van der Waals surface area (Å²) >= 11 is -1.53. The van der Waals surface area contributed by atoms with Crippen molar-refractivity contribution in [2.24, 2.45) is 5.41 Å². The molecule has 3 aliphatic heterocycles. The van der Waals surface area contributed by atoms with Crippen LogP contribution in [-0.4, -0.2) is 69.4 Å². The van der Waals surface area contributed by atoms with Crippen LogP contribution in [0.15, 0.2) is 30.5 Å². The van der Waals surface area contributed by atoms with Gasteiger partial charge in [-0.2, -0.15) is 0 Å². The van der Waals surface area contributed by atoms with Gasteiger partial charge in [-0.05, 0) is 6.07 Å². The Hall–Kier alpha value is -3.37. The number of aliphatic hydroxyl groups excluding tert-OH is 1. The molecule has 0 radical (unpaired) electrons. The first-order valence-corrected chi connectivity index (χ1v) is 19.9. The van der Waals surface area contributed by atoms with Crippen LogP contribution < -0.4 is 9.64 Å². The summed E-state index contributed by atoms with van der Waals surface area (Å²) in [5, 5.41) is 21.8. The quantitative estimate of drug-likeness (QED) is 0.134. The number of benzene rings is 2. The number of aromatic hydroxyl groups is 1. The van der Waals surface area contributed by atoms with Crippen molar-refractivity contribution in [3.63, 3.8) is 0 Å². The number of halogens is 4. The number of nitrogens with zero attached hydrogens (tertiary/aromatic N) is 4. The Morgan fingerprint density at radius 1 is 1.13 bits per heavy atom. The van der Waals surface area contributed by atoms with E-state index in [9.17, 15) is 19.0 Å². The van der Waals surface area contributed by atoms with E-state index < -0.39 is 37.6 Å². The molecule has 0 amide bonds. The molecule has 5 heterocycles. The molecule has 11 heteroatoms. The van der Waals surface area contributed by atoms with E-state index in [2.05, 4.69) is 20.8 Å². The number of hydrogen-bond donors (Lipinski definition) is 2. The van der Waals surface area contributed by atoms with Crippen molar-refractivity contribution < 1.29 is 28.1 Å². The first-order valence-electron chi connectivity index (χ1n) is 15.8. The van der Waals surface area contributed by atoms with Gasteiger partial charge in [0.15, 0.2) is 0 Å². The van der Waals surface area contributed by atoms with E-state index in [0.717, 1.165) is 30.1 Å². The average Bonchev–Trinajstić information content (AvgIpc) is 3.55. The molecule has 2 aromatic heterocycles. The molecule has 7 nitrogen and oxygen atoms in total. The van der Waals surface area contributed by atoms with Gasteiger partial charge in [-0.1, -0.05) is 0 Å². The maximum atomic E-state index is 16.8. The molecular formula is C35H34F3IN4O3. The Morgan fingerprint density at radius 2 is 1.98 bits per heavy atom. The second-order valence-corrected chi connectivity index (χ2v) is 20.3. The van der Waals surface area contributed by atoms with Gasteiger partial charge in [-0.15, -0.1) is 6.42 Å². The van der Waals surface area contributed by atoms with Gasteiger partial charge in [0, 0.05) is 0 Å². The fourth-order valence-electron chi connectivity index (χ4n) is 8.32. The maximum absolute atomic E-state index is 16.8. The van der Waals surface area contributed by atoms with E-state index in [1.165, 1.54) is 30.5 Å². The predicted octanol–water partition coefficient (Wildman–Crippen LogP) is 6.71. The van der Waals surface area contributed by atoms with Crippen LogP contribution >= 0.6 is 19.8 Å². The van der Waals surface area contributed by atoms with Crippen LogP contribution in [0.25, 0.3) is 32.9 Å². The monoisotopic (exact) mass is 742 g/mol. The molecule has 1 aliphatic carbocycles. The summed E-state index contributed by atoms with van der Waals surface area (Å²) in [6, 6.07) is 5.50. The molecule has 2 aromatic carbocycles. The number of fused-ring (bicyclic) bond motifs is 3. The SMILES string of the molecule is C#Cc1c(F)ccc2cc(O)cc(-c3ncc4c(N5CCCC6(CC(O)C6)C5)nc(OC[C@@]56CCCI5C[C@H](F)C6)nc4c3F)c12. The van der Waals surface area contributed by atoms with E-state index in [1.54, 1.807) is 0 Å². The molecule has 240 valence electrons. The van der Waals surface area contributed by atoms with Crippen molar-refractivity contribution in [3.05, 3.63) is 47.7 Å². The van der Waals surface area contributed by atoms with E-state index in [0.29, 0.717) is 60.0 Å². The standard InChI is InChI=1S/C35H34F3IN4O3/c1-2-24-27(37)6-5-20-11-22(44)12-25(28(20)24)30-29(38)31-26(17-40-30)32(43-10-4-7-34(18-43)14-23(45)15-34)42-33(41-31)46-19-35-8-3-9-39(35)16-21(36)13-35/h1,5-6,11-12,17,21,23,44-45H,3-4,7-10,13-16,18-19H2/t21-,23?,34?,35+/m1/s1. The van der Waals surface area contributed by atoms with Crippen molar-refractivity contribution >= 4 is 47.3 Å². The van der Waals surface area contributed by atoms with Gasteiger partial charge >= 0.3 is 256 Å².